The summed E-state index contributed by atoms with van der Waals surface area (Å²) < 4.78 is 32.6. The summed E-state index contributed by atoms with van der Waals surface area (Å²) >= 11 is 0. The van der Waals surface area contributed by atoms with E-state index in [1.54, 1.807) is 0 Å². The molecule has 24 heavy (non-hydrogen) atoms. The number of ether oxygens (including phenoxy) is 1. The third-order valence-corrected chi connectivity index (χ3v) is 4.09. The summed E-state index contributed by atoms with van der Waals surface area (Å²) in [7, 11) is 0. The minimum absolute atomic E-state index is 0.291. The highest BCUT2D eigenvalue weighted by Gasteiger charge is 2.40. The van der Waals surface area contributed by atoms with E-state index in [2.05, 4.69) is 5.32 Å². The first-order chi connectivity index (χ1) is 11.5. The molecule has 1 aliphatic rings. The molecule has 1 saturated heterocycles. The van der Waals surface area contributed by atoms with Crippen molar-refractivity contribution in [2.24, 2.45) is 0 Å². The maximum absolute atomic E-state index is 13.7. The molecular formula is C18H17F2NO3. The molecule has 1 heterocycles. The fourth-order valence-electron chi connectivity index (χ4n) is 2.97. The molecule has 0 aliphatic carbocycles. The maximum atomic E-state index is 13.7. The molecule has 2 N–H and O–H groups in total. The molecule has 4 nitrogen and oxygen atoms in total. The van der Waals surface area contributed by atoms with E-state index in [0.717, 1.165) is 11.6 Å². The molecule has 126 valence electrons. The number of carboxylic acid groups (broad SMARTS) is 1. The number of rotatable bonds is 6. The lowest BCUT2D eigenvalue weighted by molar-refractivity contribution is 0.182. The first-order valence-corrected chi connectivity index (χ1v) is 7.64. The molecule has 0 saturated carbocycles. The summed E-state index contributed by atoms with van der Waals surface area (Å²) in [6, 6.07) is 12.1. The summed E-state index contributed by atoms with van der Waals surface area (Å²) in [6.45, 7) is 0.425. The third-order valence-electron chi connectivity index (χ3n) is 4.09. The Hall–Kier alpha value is -2.47. The molecule has 2 aromatic rings. The average Bonchev–Trinajstić information content (AvgIpc) is 3.35. The Labute approximate surface area is 138 Å². The number of hydrogen-bond acceptors (Lipinski definition) is 2. The summed E-state index contributed by atoms with van der Waals surface area (Å²) in [6.07, 6.45) is -1.04. The van der Waals surface area contributed by atoms with Crippen LogP contribution in [0.2, 0.25) is 0 Å². The highest BCUT2D eigenvalue weighted by Crippen LogP contribution is 2.32. The maximum Gasteiger partial charge on any atom is 0.404 e. The lowest BCUT2D eigenvalue weighted by atomic mass is 9.84. The molecule has 6 heteroatoms. The molecule has 0 bridgehead atoms. The normalized spacial score (nSPS) is 18.7. The monoisotopic (exact) mass is 333 g/mol. The van der Waals surface area contributed by atoms with Crippen molar-refractivity contribution in [3.05, 3.63) is 71.3 Å². The van der Waals surface area contributed by atoms with Gasteiger partial charge in [0.05, 0.1) is 12.6 Å². The SMILES string of the molecule is O=C(O)N[C@H](C1CO1)C(Cc1ccccc1)c1cc(F)cc(F)c1. The van der Waals surface area contributed by atoms with Gasteiger partial charge in [-0.3, -0.25) is 0 Å². The summed E-state index contributed by atoms with van der Waals surface area (Å²) in [5, 5.41) is 11.6. The number of hydrogen-bond donors (Lipinski definition) is 2. The molecule has 0 radical (unpaired) electrons. The van der Waals surface area contributed by atoms with Crippen LogP contribution < -0.4 is 5.32 Å². The van der Waals surface area contributed by atoms with Gasteiger partial charge in [-0.05, 0) is 29.7 Å². The van der Waals surface area contributed by atoms with Crippen LogP contribution in [0.5, 0.6) is 0 Å². The molecule has 3 rings (SSSR count). The zero-order chi connectivity index (χ0) is 17.1. The second kappa shape index (κ2) is 6.97. The van der Waals surface area contributed by atoms with Gasteiger partial charge in [0.25, 0.3) is 0 Å². The van der Waals surface area contributed by atoms with Crippen molar-refractivity contribution in [2.75, 3.05) is 6.61 Å². The molecule has 0 aromatic heterocycles. The third kappa shape index (κ3) is 4.08. The lowest BCUT2D eigenvalue weighted by Gasteiger charge is -2.26. The number of carbonyl (C=O) groups is 1. The van der Waals surface area contributed by atoms with E-state index in [4.69, 9.17) is 9.84 Å². The van der Waals surface area contributed by atoms with Crippen molar-refractivity contribution in [1.82, 2.24) is 5.32 Å². The molecule has 0 spiro atoms. The van der Waals surface area contributed by atoms with E-state index in [1.165, 1.54) is 12.1 Å². The first kappa shape index (κ1) is 16.4. The molecule has 1 aliphatic heterocycles. The van der Waals surface area contributed by atoms with Crippen molar-refractivity contribution in [2.45, 2.75) is 24.5 Å². The van der Waals surface area contributed by atoms with Crippen LogP contribution in [0.4, 0.5) is 13.6 Å². The highest BCUT2D eigenvalue weighted by molar-refractivity contribution is 5.65. The second-order valence-electron chi connectivity index (χ2n) is 5.85. The van der Waals surface area contributed by atoms with Gasteiger partial charge in [0.15, 0.2) is 0 Å². The van der Waals surface area contributed by atoms with Gasteiger partial charge in [0.1, 0.15) is 17.7 Å². The average molecular weight is 333 g/mol. The second-order valence-corrected chi connectivity index (χ2v) is 5.85. The summed E-state index contributed by atoms with van der Waals surface area (Å²) in [5.74, 6) is -1.82. The van der Waals surface area contributed by atoms with Crippen molar-refractivity contribution in [3.63, 3.8) is 0 Å². The van der Waals surface area contributed by atoms with Gasteiger partial charge < -0.3 is 15.2 Å². The topological polar surface area (TPSA) is 61.9 Å². The number of halogens is 2. The number of nitrogens with one attached hydrogen (secondary N) is 1. The Morgan fingerprint density at radius 1 is 1.21 bits per heavy atom. The van der Waals surface area contributed by atoms with Crippen LogP contribution >= 0.6 is 0 Å². The van der Waals surface area contributed by atoms with E-state index < -0.39 is 29.7 Å². The Balaban J connectivity index is 1.97. The van der Waals surface area contributed by atoms with Gasteiger partial charge >= 0.3 is 6.09 Å². The van der Waals surface area contributed by atoms with Crippen LogP contribution in [0, 0.1) is 11.6 Å². The number of amides is 1. The predicted octanol–water partition coefficient (Wildman–Crippen LogP) is 3.33. The van der Waals surface area contributed by atoms with Crippen LogP contribution in [-0.2, 0) is 11.2 Å². The Kier molecular flexibility index (Phi) is 4.76. The molecule has 2 unspecified atom stereocenters. The quantitative estimate of drug-likeness (QED) is 0.797. The largest absolute Gasteiger partial charge is 0.465 e. The zero-order valence-electron chi connectivity index (χ0n) is 12.8. The highest BCUT2D eigenvalue weighted by atomic mass is 19.1. The Morgan fingerprint density at radius 3 is 2.38 bits per heavy atom. The standard InChI is InChI=1S/C18H17F2NO3/c19-13-7-12(8-14(20)9-13)15(6-11-4-2-1-3-5-11)17(16-10-24-16)21-18(22)23/h1-5,7-9,15-17,21H,6,10H2,(H,22,23)/t15?,16?,17-/m0/s1. The number of benzene rings is 2. The fourth-order valence-corrected chi connectivity index (χ4v) is 2.97. The zero-order valence-corrected chi connectivity index (χ0v) is 12.8. The summed E-state index contributed by atoms with van der Waals surface area (Å²) in [5.41, 5.74) is 1.36. The minimum Gasteiger partial charge on any atom is -0.465 e. The Morgan fingerprint density at radius 2 is 1.83 bits per heavy atom. The van der Waals surface area contributed by atoms with Crippen molar-refractivity contribution in [1.29, 1.82) is 0 Å². The van der Waals surface area contributed by atoms with Crippen LogP contribution in [0.15, 0.2) is 48.5 Å². The Bertz CT molecular complexity index is 699. The van der Waals surface area contributed by atoms with Crippen molar-refractivity contribution < 1.29 is 23.4 Å². The van der Waals surface area contributed by atoms with Gasteiger partial charge in [0, 0.05) is 12.0 Å². The van der Waals surface area contributed by atoms with E-state index >= 15 is 0 Å². The van der Waals surface area contributed by atoms with Crippen LogP contribution in [0.3, 0.4) is 0 Å². The lowest BCUT2D eigenvalue weighted by Crippen LogP contribution is -2.43. The number of epoxide rings is 1. The van der Waals surface area contributed by atoms with Crippen LogP contribution in [0.25, 0.3) is 0 Å². The van der Waals surface area contributed by atoms with Gasteiger partial charge in [-0.2, -0.15) is 0 Å². The van der Waals surface area contributed by atoms with Crippen LogP contribution in [-0.4, -0.2) is 30.0 Å². The van der Waals surface area contributed by atoms with Gasteiger partial charge in [0.2, 0.25) is 0 Å². The van der Waals surface area contributed by atoms with E-state index in [1.807, 2.05) is 30.3 Å². The van der Waals surface area contributed by atoms with Gasteiger partial charge in [-0.15, -0.1) is 0 Å². The van der Waals surface area contributed by atoms with Gasteiger partial charge in [-0.1, -0.05) is 30.3 Å². The summed E-state index contributed by atoms with van der Waals surface area (Å²) in [4.78, 5) is 11.1. The van der Waals surface area contributed by atoms with Gasteiger partial charge in [-0.25, -0.2) is 13.6 Å². The van der Waals surface area contributed by atoms with E-state index in [-0.39, 0.29) is 6.10 Å². The van der Waals surface area contributed by atoms with Crippen molar-refractivity contribution >= 4 is 6.09 Å². The molecule has 1 amide bonds. The predicted molar refractivity (Wildman–Crippen MR) is 83.9 cm³/mol. The van der Waals surface area contributed by atoms with E-state index in [9.17, 15) is 13.6 Å². The fraction of sp³-hybridized carbons (Fsp3) is 0.278. The molecule has 3 atom stereocenters. The molecule has 2 aromatic carbocycles. The van der Waals surface area contributed by atoms with Crippen LogP contribution in [0.1, 0.15) is 17.0 Å². The van der Waals surface area contributed by atoms with Crippen molar-refractivity contribution in [3.8, 4) is 0 Å². The smallest absolute Gasteiger partial charge is 0.404 e. The molecular weight excluding hydrogens is 316 g/mol. The molecule has 1 fully saturated rings. The minimum atomic E-state index is -1.19. The first-order valence-electron chi connectivity index (χ1n) is 7.64. The van der Waals surface area contributed by atoms with E-state index in [0.29, 0.717) is 18.6 Å².